The Labute approximate surface area is 115 Å². The van der Waals surface area contributed by atoms with Gasteiger partial charge in [0.15, 0.2) is 0 Å². The minimum absolute atomic E-state index is 0.0142. The van der Waals surface area contributed by atoms with Crippen LogP contribution in [0.2, 0.25) is 0 Å². The molecule has 0 saturated carbocycles. The first kappa shape index (κ1) is 14.3. The summed E-state index contributed by atoms with van der Waals surface area (Å²) >= 11 is 0. The molecule has 0 amide bonds. The van der Waals surface area contributed by atoms with E-state index in [4.69, 9.17) is 5.73 Å². The average Bonchev–Trinajstić information content (AvgIpc) is 2.36. The molecule has 0 aliphatic carbocycles. The largest absolute Gasteiger partial charge is 0.396 e. The van der Waals surface area contributed by atoms with Gasteiger partial charge in [-0.3, -0.25) is 4.72 Å². The second-order valence-corrected chi connectivity index (χ2v) is 5.90. The number of sulfonamides is 1. The van der Waals surface area contributed by atoms with Gasteiger partial charge < -0.3 is 5.73 Å². The lowest BCUT2D eigenvalue weighted by Gasteiger charge is -2.11. The Morgan fingerprint density at radius 1 is 1.10 bits per heavy atom. The van der Waals surface area contributed by atoms with E-state index < -0.39 is 21.7 Å². The Hall–Kier alpha value is -2.15. The van der Waals surface area contributed by atoms with Crippen molar-refractivity contribution in [3.8, 4) is 0 Å². The summed E-state index contributed by atoms with van der Waals surface area (Å²) in [5, 5.41) is 0. The van der Waals surface area contributed by atoms with Gasteiger partial charge in [0, 0.05) is 6.07 Å². The van der Waals surface area contributed by atoms with Crippen LogP contribution in [0.4, 0.5) is 20.2 Å². The number of aryl methyl sites for hydroxylation is 1. The summed E-state index contributed by atoms with van der Waals surface area (Å²) in [7, 11) is -3.99. The monoisotopic (exact) mass is 298 g/mol. The van der Waals surface area contributed by atoms with Crippen molar-refractivity contribution in [1.82, 2.24) is 0 Å². The third-order valence-electron chi connectivity index (χ3n) is 2.69. The molecule has 2 aromatic rings. The van der Waals surface area contributed by atoms with Crippen molar-refractivity contribution in [3.63, 3.8) is 0 Å². The van der Waals surface area contributed by atoms with Crippen LogP contribution in [-0.2, 0) is 10.0 Å². The van der Waals surface area contributed by atoms with Crippen molar-refractivity contribution in [2.24, 2.45) is 0 Å². The molecule has 0 saturated heterocycles. The van der Waals surface area contributed by atoms with Crippen LogP contribution in [0.1, 0.15) is 5.56 Å². The second-order valence-electron chi connectivity index (χ2n) is 4.25. The van der Waals surface area contributed by atoms with Crippen LogP contribution in [0.15, 0.2) is 41.3 Å². The lowest BCUT2D eigenvalue weighted by Crippen LogP contribution is -2.14. The Kier molecular flexibility index (Phi) is 3.63. The van der Waals surface area contributed by atoms with E-state index in [9.17, 15) is 17.2 Å². The van der Waals surface area contributed by atoms with Gasteiger partial charge in [0.05, 0.1) is 16.3 Å². The molecule has 0 atom stereocenters. The molecule has 0 radical (unpaired) electrons. The van der Waals surface area contributed by atoms with Crippen molar-refractivity contribution in [3.05, 3.63) is 53.6 Å². The molecule has 2 rings (SSSR count). The van der Waals surface area contributed by atoms with Crippen molar-refractivity contribution in [1.29, 1.82) is 0 Å². The van der Waals surface area contributed by atoms with Crippen molar-refractivity contribution < 1.29 is 17.2 Å². The third-order valence-corrected chi connectivity index (χ3v) is 4.22. The normalized spacial score (nSPS) is 11.3. The number of nitrogen functional groups attached to an aromatic ring is 1. The molecule has 7 heteroatoms. The van der Waals surface area contributed by atoms with E-state index >= 15 is 0 Å². The highest BCUT2D eigenvalue weighted by molar-refractivity contribution is 7.92. The molecule has 0 aliphatic rings. The fourth-order valence-corrected chi connectivity index (χ4v) is 2.97. The van der Waals surface area contributed by atoms with Gasteiger partial charge in [-0.05, 0) is 36.8 Å². The van der Waals surface area contributed by atoms with Crippen LogP contribution in [0.25, 0.3) is 0 Å². The first-order chi connectivity index (χ1) is 9.29. The Morgan fingerprint density at radius 2 is 1.80 bits per heavy atom. The van der Waals surface area contributed by atoms with Gasteiger partial charge in [0.1, 0.15) is 11.6 Å². The van der Waals surface area contributed by atoms with Crippen LogP contribution in [0, 0.1) is 18.6 Å². The predicted molar refractivity (Wildman–Crippen MR) is 72.8 cm³/mol. The highest BCUT2D eigenvalue weighted by atomic mass is 32.2. The van der Waals surface area contributed by atoms with Gasteiger partial charge in [0.25, 0.3) is 10.0 Å². The van der Waals surface area contributed by atoms with Gasteiger partial charge in [-0.15, -0.1) is 0 Å². The first-order valence-corrected chi connectivity index (χ1v) is 7.12. The van der Waals surface area contributed by atoms with E-state index in [1.54, 1.807) is 0 Å². The number of hydrogen-bond donors (Lipinski definition) is 2. The molecule has 0 unspecified atom stereocenters. The molecule has 20 heavy (non-hydrogen) atoms. The van der Waals surface area contributed by atoms with E-state index in [2.05, 4.69) is 4.72 Å². The predicted octanol–water partition coefficient (Wildman–Crippen LogP) is 2.66. The zero-order valence-corrected chi connectivity index (χ0v) is 11.3. The Bertz CT molecular complexity index is 761. The van der Waals surface area contributed by atoms with Gasteiger partial charge in [0.2, 0.25) is 0 Å². The zero-order valence-electron chi connectivity index (χ0n) is 10.5. The van der Waals surface area contributed by atoms with Crippen LogP contribution in [0.5, 0.6) is 0 Å². The SMILES string of the molecule is Cc1ccc(F)cc1S(=O)(=O)Nc1ccc(N)c(F)c1. The maximum atomic E-state index is 13.3. The smallest absolute Gasteiger partial charge is 0.262 e. The summed E-state index contributed by atoms with van der Waals surface area (Å²) in [4.78, 5) is -0.199. The van der Waals surface area contributed by atoms with E-state index in [1.165, 1.54) is 25.1 Å². The number of hydrogen-bond acceptors (Lipinski definition) is 3. The quantitative estimate of drug-likeness (QED) is 0.856. The minimum Gasteiger partial charge on any atom is -0.396 e. The van der Waals surface area contributed by atoms with E-state index in [0.29, 0.717) is 5.56 Å². The maximum Gasteiger partial charge on any atom is 0.262 e. The first-order valence-electron chi connectivity index (χ1n) is 5.63. The highest BCUT2D eigenvalue weighted by Gasteiger charge is 2.18. The molecule has 0 fully saturated rings. The summed E-state index contributed by atoms with van der Waals surface area (Å²) in [6, 6.07) is 6.95. The van der Waals surface area contributed by atoms with Gasteiger partial charge in [-0.25, -0.2) is 17.2 Å². The fraction of sp³-hybridized carbons (Fsp3) is 0.0769. The number of anilines is 2. The molecule has 3 N–H and O–H groups in total. The summed E-state index contributed by atoms with van der Waals surface area (Å²) in [6.07, 6.45) is 0. The molecular formula is C13H12F2N2O2S. The summed E-state index contributed by atoms with van der Waals surface area (Å²) in [6.45, 7) is 1.54. The van der Waals surface area contributed by atoms with Crippen LogP contribution >= 0.6 is 0 Å². The maximum absolute atomic E-state index is 13.3. The van der Waals surface area contributed by atoms with Crippen molar-refractivity contribution in [2.45, 2.75) is 11.8 Å². The van der Waals surface area contributed by atoms with Crippen molar-refractivity contribution >= 4 is 21.4 Å². The zero-order chi connectivity index (χ0) is 14.9. The van der Waals surface area contributed by atoms with Crippen LogP contribution in [0.3, 0.4) is 0 Å². The number of halogens is 2. The number of nitrogens with two attached hydrogens (primary N) is 1. The van der Waals surface area contributed by atoms with E-state index in [0.717, 1.165) is 18.2 Å². The third kappa shape index (κ3) is 2.88. The molecule has 106 valence electrons. The number of benzene rings is 2. The fourth-order valence-electron chi connectivity index (χ4n) is 1.66. The van der Waals surface area contributed by atoms with E-state index in [1.807, 2.05) is 0 Å². The molecule has 0 heterocycles. The Balaban J connectivity index is 2.40. The highest BCUT2D eigenvalue weighted by Crippen LogP contribution is 2.22. The van der Waals surface area contributed by atoms with Gasteiger partial charge in [-0.2, -0.15) is 0 Å². The molecule has 0 bridgehead atoms. The van der Waals surface area contributed by atoms with Crippen LogP contribution < -0.4 is 10.5 Å². The molecule has 2 aromatic carbocycles. The van der Waals surface area contributed by atoms with E-state index in [-0.39, 0.29) is 16.3 Å². The molecule has 4 nitrogen and oxygen atoms in total. The van der Waals surface area contributed by atoms with Gasteiger partial charge >= 0.3 is 0 Å². The van der Waals surface area contributed by atoms with Crippen LogP contribution in [-0.4, -0.2) is 8.42 Å². The standard InChI is InChI=1S/C13H12F2N2O2S/c1-8-2-3-9(14)6-13(8)20(18,19)17-10-4-5-12(16)11(15)7-10/h2-7,17H,16H2,1H3. The van der Waals surface area contributed by atoms with Gasteiger partial charge in [-0.1, -0.05) is 6.07 Å². The number of rotatable bonds is 3. The lowest BCUT2D eigenvalue weighted by atomic mass is 10.2. The minimum atomic E-state index is -3.99. The summed E-state index contributed by atoms with van der Waals surface area (Å²) < 4.78 is 52.9. The summed E-state index contributed by atoms with van der Waals surface area (Å²) in [5.74, 6) is -1.40. The van der Waals surface area contributed by atoms with Crippen molar-refractivity contribution in [2.75, 3.05) is 10.5 Å². The summed E-state index contributed by atoms with van der Waals surface area (Å²) in [5.41, 5.74) is 5.62. The Morgan fingerprint density at radius 3 is 2.45 bits per heavy atom. The molecule has 0 aromatic heterocycles. The lowest BCUT2D eigenvalue weighted by molar-refractivity contribution is 0.594. The molecule has 0 aliphatic heterocycles. The molecule has 0 spiro atoms. The second kappa shape index (κ2) is 5.09. The topological polar surface area (TPSA) is 72.2 Å². The average molecular weight is 298 g/mol. The number of nitrogens with one attached hydrogen (secondary N) is 1. The molecular weight excluding hydrogens is 286 g/mol.